The van der Waals surface area contributed by atoms with Crippen LogP contribution in [0.4, 0.5) is 0 Å². The molecule has 0 saturated carbocycles. The molecule has 4 heteroatoms. The Labute approximate surface area is 143 Å². The topological polar surface area (TPSA) is 45.2 Å². The van der Waals surface area contributed by atoms with Crippen LogP contribution in [0.25, 0.3) is 10.9 Å². The number of nitrogens with zero attached hydrogens (tertiary/aromatic N) is 2. The van der Waals surface area contributed by atoms with Gasteiger partial charge in [0.1, 0.15) is 0 Å². The predicted molar refractivity (Wildman–Crippen MR) is 95.6 cm³/mol. The van der Waals surface area contributed by atoms with Gasteiger partial charge in [-0.05, 0) is 62.9 Å². The van der Waals surface area contributed by atoms with E-state index in [0.717, 1.165) is 31.4 Å². The smallest absolute Gasteiger partial charge is 0.220 e. The van der Waals surface area contributed by atoms with E-state index in [0.29, 0.717) is 12.5 Å². The summed E-state index contributed by atoms with van der Waals surface area (Å²) in [5, 5.41) is 4.49. The Morgan fingerprint density at radius 1 is 1.33 bits per heavy atom. The number of aromatic nitrogens is 1. The van der Waals surface area contributed by atoms with Crippen LogP contribution in [0.5, 0.6) is 0 Å². The van der Waals surface area contributed by atoms with Crippen LogP contribution < -0.4 is 5.32 Å². The van der Waals surface area contributed by atoms with E-state index in [2.05, 4.69) is 46.4 Å². The molecule has 2 saturated heterocycles. The SMILES string of the molecule is C[C@]12CCCCN(Cc3ccc4ncccc4c3)[C@H]1CCC(=O)N2. The number of hydrogen-bond donors (Lipinski definition) is 1. The Morgan fingerprint density at radius 2 is 2.25 bits per heavy atom. The average molecular weight is 323 g/mol. The summed E-state index contributed by atoms with van der Waals surface area (Å²) in [4.78, 5) is 18.9. The molecule has 1 N–H and O–H groups in total. The highest BCUT2D eigenvalue weighted by atomic mass is 16.1. The van der Waals surface area contributed by atoms with Crippen molar-refractivity contribution < 1.29 is 4.79 Å². The van der Waals surface area contributed by atoms with Gasteiger partial charge in [0.2, 0.25) is 5.91 Å². The van der Waals surface area contributed by atoms with Gasteiger partial charge in [-0.1, -0.05) is 12.1 Å². The van der Waals surface area contributed by atoms with E-state index in [1.165, 1.54) is 23.8 Å². The van der Waals surface area contributed by atoms with Crippen LogP contribution in [0.1, 0.15) is 44.6 Å². The largest absolute Gasteiger partial charge is 0.349 e. The van der Waals surface area contributed by atoms with Gasteiger partial charge in [0.05, 0.1) is 11.1 Å². The normalized spacial score (nSPS) is 28.2. The summed E-state index contributed by atoms with van der Waals surface area (Å²) < 4.78 is 0. The third kappa shape index (κ3) is 2.91. The van der Waals surface area contributed by atoms with Gasteiger partial charge in [0, 0.05) is 30.6 Å². The number of likely N-dealkylation sites (tertiary alicyclic amines) is 1. The standard InChI is InChI=1S/C20H25N3O/c1-20-10-2-3-12-23(18(20)8-9-19(24)22-20)14-15-6-7-17-16(13-15)5-4-11-21-17/h4-7,11,13,18H,2-3,8-10,12,14H2,1H3,(H,22,24)/t18-,20-/m0/s1. The van der Waals surface area contributed by atoms with Gasteiger partial charge in [-0.25, -0.2) is 0 Å². The first kappa shape index (κ1) is 15.6. The summed E-state index contributed by atoms with van der Waals surface area (Å²) in [5.41, 5.74) is 2.30. The summed E-state index contributed by atoms with van der Waals surface area (Å²) in [6.07, 6.45) is 6.94. The molecule has 4 nitrogen and oxygen atoms in total. The fraction of sp³-hybridized carbons (Fsp3) is 0.500. The zero-order valence-electron chi connectivity index (χ0n) is 14.3. The number of pyridine rings is 1. The van der Waals surface area contributed by atoms with E-state index in [9.17, 15) is 4.79 Å². The monoisotopic (exact) mass is 323 g/mol. The van der Waals surface area contributed by atoms with E-state index in [1.807, 2.05) is 12.3 Å². The molecule has 24 heavy (non-hydrogen) atoms. The number of nitrogens with one attached hydrogen (secondary N) is 1. The average Bonchev–Trinajstić information content (AvgIpc) is 2.73. The van der Waals surface area contributed by atoms with Crippen molar-refractivity contribution in [1.29, 1.82) is 0 Å². The van der Waals surface area contributed by atoms with Crippen LogP contribution in [0, 0.1) is 0 Å². The van der Waals surface area contributed by atoms with Gasteiger partial charge in [-0.15, -0.1) is 0 Å². The summed E-state index contributed by atoms with van der Waals surface area (Å²) in [7, 11) is 0. The second kappa shape index (κ2) is 6.17. The molecule has 1 aromatic carbocycles. The third-order valence-corrected chi connectivity index (χ3v) is 5.69. The molecule has 0 spiro atoms. The molecule has 2 aliphatic rings. The van der Waals surface area contributed by atoms with Crippen molar-refractivity contribution in [3.63, 3.8) is 0 Å². The first-order chi connectivity index (χ1) is 11.6. The van der Waals surface area contributed by atoms with Crippen LogP contribution >= 0.6 is 0 Å². The Bertz CT molecular complexity index is 759. The highest BCUT2D eigenvalue weighted by molar-refractivity contribution is 5.79. The minimum Gasteiger partial charge on any atom is -0.349 e. The molecule has 1 aromatic heterocycles. The van der Waals surface area contributed by atoms with Crippen LogP contribution in [-0.2, 0) is 11.3 Å². The molecular formula is C20H25N3O. The van der Waals surface area contributed by atoms with Crippen molar-refractivity contribution in [3.8, 4) is 0 Å². The van der Waals surface area contributed by atoms with Crippen LogP contribution in [0.2, 0.25) is 0 Å². The molecule has 4 rings (SSSR count). The van der Waals surface area contributed by atoms with Gasteiger partial charge < -0.3 is 5.32 Å². The van der Waals surface area contributed by atoms with Crippen LogP contribution in [0.15, 0.2) is 36.5 Å². The molecule has 126 valence electrons. The third-order valence-electron chi connectivity index (χ3n) is 5.69. The van der Waals surface area contributed by atoms with Crippen molar-refractivity contribution in [2.24, 2.45) is 0 Å². The summed E-state index contributed by atoms with van der Waals surface area (Å²) >= 11 is 0. The lowest BCUT2D eigenvalue weighted by Gasteiger charge is -2.46. The molecule has 2 aromatic rings. The van der Waals surface area contributed by atoms with E-state index in [1.54, 1.807) is 0 Å². The van der Waals surface area contributed by atoms with E-state index < -0.39 is 0 Å². The number of piperidine rings is 1. The molecule has 2 aliphatic heterocycles. The summed E-state index contributed by atoms with van der Waals surface area (Å²) in [5.74, 6) is 0.215. The Morgan fingerprint density at radius 3 is 3.17 bits per heavy atom. The van der Waals surface area contributed by atoms with Gasteiger partial charge in [0.15, 0.2) is 0 Å². The molecule has 0 unspecified atom stereocenters. The lowest BCUT2D eigenvalue weighted by molar-refractivity contribution is -0.127. The molecule has 3 heterocycles. The van der Waals surface area contributed by atoms with Crippen molar-refractivity contribution in [2.45, 2.75) is 57.2 Å². The number of rotatable bonds is 2. The zero-order valence-corrected chi connectivity index (χ0v) is 14.3. The lowest BCUT2D eigenvalue weighted by Crippen LogP contribution is -2.62. The highest BCUT2D eigenvalue weighted by Gasteiger charge is 2.43. The molecule has 0 aliphatic carbocycles. The second-order valence-corrected chi connectivity index (χ2v) is 7.48. The molecule has 1 amide bonds. The summed E-state index contributed by atoms with van der Waals surface area (Å²) in [6, 6.07) is 11.1. The van der Waals surface area contributed by atoms with E-state index in [4.69, 9.17) is 0 Å². The predicted octanol–water partition coefficient (Wildman–Crippen LogP) is 3.26. The first-order valence-electron chi connectivity index (χ1n) is 9.03. The van der Waals surface area contributed by atoms with Crippen molar-refractivity contribution >= 4 is 16.8 Å². The van der Waals surface area contributed by atoms with Crippen LogP contribution in [-0.4, -0.2) is 33.9 Å². The minimum absolute atomic E-state index is 0.0791. The quantitative estimate of drug-likeness (QED) is 0.923. The number of hydrogen-bond acceptors (Lipinski definition) is 3. The van der Waals surface area contributed by atoms with Crippen molar-refractivity contribution in [1.82, 2.24) is 15.2 Å². The minimum atomic E-state index is -0.0791. The van der Waals surface area contributed by atoms with Gasteiger partial charge in [-0.2, -0.15) is 0 Å². The van der Waals surface area contributed by atoms with E-state index in [-0.39, 0.29) is 11.4 Å². The van der Waals surface area contributed by atoms with Crippen molar-refractivity contribution in [3.05, 3.63) is 42.1 Å². The Kier molecular flexibility index (Phi) is 4.01. The lowest BCUT2D eigenvalue weighted by atomic mass is 9.81. The molecular weight excluding hydrogens is 298 g/mol. The number of carbonyl (C=O) groups excluding carboxylic acids is 1. The van der Waals surface area contributed by atoms with Crippen molar-refractivity contribution in [2.75, 3.05) is 6.54 Å². The fourth-order valence-corrected chi connectivity index (χ4v) is 4.48. The number of carbonyl (C=O) groups is 1. The Hall–Kier alpha value is -1.94. The molecule has 0 radical (unpaired) electrons. The Balaban J connectivity index is 1.60. The number of amides is 1. The van der Waals surface area contributed by atoms with Gasteiger partial charge in [-0.3, -0.25) is 14.7 Å². The molecule has 2 fully saturated rings. The maximum absolute atomic E-state index is 11.9. The van der Waals surface area contributed by atoms with E-state index >= 15 is 0 Å². The highest BCUT2D eigenvalue weighted by Crippen LogP contribution is 2.33. The zero-order chi connectivity index (χ0) is 16.6. The molecule has 0 bridgehead atoms. The van der Waals surface area contributed by atoms with Gasteiger partial charge in [0.25, 0.3) is 0 Å². The number of benzene rings is 1. The van der Waals surface area contributed by atoms with Crippen LogP contribution in [0.3, 0.4) is 0 Å². The maximum Gasteiger partial charge on any atom is 0.220 e. The summed E-state index contributed by atoms with van der Waals surface area (Å²) in [6.45, 7) is 4.29. The fourth-order valence-electron chi connectivity index (χ4n) is 4.48. The maximum atomic E-state index is 11.9. The van der Waals surface area contributed by atoms with Gasteiger partial charge >= 0.3 is 0 Å². The first-order valence-corrected chi connectivity index (χ1v) is 9.03. The number of fused-ring (bicyclic) bond motifs is 2. The molecule has 2 atom stereocenters. The second-order valence-electron chi connectivity index (χ2n) is 7.48.